The molecule has 2 aliphatic rings. The van der Waals surface area contributed by atoms with Gasteiger partial charge in [0.1, 0.15) is 5.75 Å². The van der Waals surface area contributed by atoms with Crippen LogP contribution in [0.3, 0.4) is 0 Å². The van der Waals surface area contributed by atoms with E-state index in [-0.39, 0.29) is 6.10 Å². The van der Waals surface area contributed by atoms with Crippen molar-refractivity contribution in [1.29, 1.82) is 0 Å². The molecule has 0 spiro atoms. The van der Waals surface area contributed by atoms with E-state index >= 15 is 0 Å². The molecule has 0 aromatic heterocycles. The predicted molar refractivity (Wildman–Crippen MR) is 79.9 cm³/mol. The van der Waals surface area contributed by atoms with Crippen LogP contribution in [0.2, 0.25) is 0 Å². The second kappa shape index (κ2) is 6.15. The smallest absolute Gasteiger partial charge is 0.118 e. The van der Waals surface area contributed by atoms with E-state index in [0.29, 0.717) is 0 Å². The van der Waals surface area contributed by atoms with Gasteiger partial charge in [-0.3, -0.25) is 4.90 Å². The van der Waals surface area contributed by atoms with Crippen LogP contribution in [-0.2, 0) is 0 Å². The largest absolute Gasteiger partial charge is 0.497 e. The van der Waals surface area contributed by atoms with Crippen molar-refractivity contribution < 1.29 is 9.84 Å². The molecule has 3 heteroatoms. The van der Waals surface area contributed by atoms with Gasteiger partial charge in [-0.05, 0) is 55.8 Å². The Morgan fingerprint density at radius 2 is 1.95 bits per heavy atom. The number of nitrogens with zero attached hydrogens (tertiary/aromatic N) is 1. The molecule has 110 valence electrons. The second-order valence-electron chi connectivity index (χ2n) is 6.18. The van der Waals surface area contributed by atoms with Gasteiger partial charge in [0.2, 0.25) is 0 Å². The molecule has 1 heterocycles. The molecule has 1 N–H and O–H groups in total. The first-order chi connectivity index (χ1) is 9.78. The lowest BCUT2D eigenvalue weighted by Crippen LogP contribution is -2.44. The van der Waals surface area contributed by atoms with Gasteiger partial charge in [0.25, 0.3) is 0 Å². The van der Waals surface area contributed by atoms with Crippen molar-refractivity contribution in [3.8, 4) is 5.75 Å². The summed E-state index contributed by atoms with van der Waals surface area (Å²) in [5.74, 6) is 1.72. The fourth-order valence-corrected chi connectivity index (χ4v) is 3.94. The Bertz CT molecular complexity index is 431. The number of hydrogen-bond acceptors (Lipinski definition) is 3. The minimum Gasteiger partial charge on any atom is -0.497 e. The maximum Gasteiger partial charge on any atom is 0.118 e. The van der Waals surface area contributed by atoms with Gasteiger partial charge < -0.3 is 9.84 Å². The molecule has 20 heavy (non-hydrogen) atoms. The van der Waals surface area contributed by atoms with E-state index in [2.05, 4.69) is 4.90 Å². The van der Waals surface area contributed by atoms with Gasteiger partial charge >= 0.3 is 0 Å². The van der Waals surface area contributed by atoms with Gasteiger partial charge in [-0.25, -0.2) is 0 Å². The average molecular weight is 275 g/mol. The Morgan fingerprint density at radius 1 is 1.20 bits per heavy atom. The van der Waals surface area contributed by atoms with Gasteiger partial charge in [-0.15, -0.1) is 0 Å². The minimum atomic E-state index is -0.389. The molecule has 1 aliphatic carbocycles. The molecule has 0 amide bonds. The Hall–Kier alpha value is -1.06. The van der Waals surface area contributed by atoms with E-state index in [9.17, 15) is 5.11 Å². The summed E-state index contributed by atoms with van der Waals surface area (Å²) in [4.78, 5) is 2.52. The van der Waals surface area contributed by atoms with Crippen LogP contribution in [0.1, 0.15) is 43.8 Å². The summed E-state index contributed by atoms with van der Waals surface area (Å²) in [5.41, 5.74) is 0.992. The van der Waals surface area contributed by atoms with Crippen molar-refractivity contribution in [1.82, 2.24) is 4.90 Å². The molecule has 0 radical (unpaired) electrons. The molecule has 3 atom stereocenters. The zero-order valence-electron chi connectivity index (χ0n) is 12.3. The van der Waals surface area contributed by atoms with Crippen molar-refractivity contribution in [3.05, 3.63) is 29.8 Å². The summed E-state index contributed by atoms with van der Waals surface area (Å²) in [7, 11) is 1.67. The lowest BCUT2D eigenvalue weighted by Gasteiger charge is -2.38. The Balaban J connectivity index is 1.63. The van der Waals surface area contributed by atoms with Crippen LogP contribution in [0.5, 0.6) is 5.75 Å². The number of rotatable bonds is 4. The third kappa shape index (κ3) is 2.84. The summed E-state index contributed by atoms with van der Waals surface area (Å²) >= 11 is 0. The number of benzene rings is 1. The van der Waals surface area contributed by atoms with Crippen molar-refractivity contribution in [2.75, 3.05) is 20.2 Å². The van der Waals surface area contributed by atoms with Crippen molar-refractivity contribution >= 4 is 0 Å². The molecule has 0 bridgehead atoms. The molecule has 1 aromatic rings. The van der Waals surface area contributed by atoms with Crippen LogP contribution in [0.4, 0.5) is 0 Å². The summed E-state index contributed by atoms with van der Waals surface area (Å²) in [6.07, 6.45) is 6.36. The van der Waals surface area contributed by atoms with E-state index in [1.165, 1.54) is 32.1 Å². The number of aliphatic hydroxyl groups is 1. The number of likely N-dealkylation sites (tertiary alicyclic amines) is 1. The number of β-amino-alcohol motifs (C(OH)–C–C–N with tert-alkyl or cyclic N) is 1. The molecular formula is C17H25NO2. The van der Waals surface area contributed by atoms with Crippen LogP contribution in [0.25, 0.3) is 0 Å². The first-order valence-corrected chi connectivity index (χ1v) is 7.84. The Kier molecular flexibility index (Phi) is 4.27. The summed E-state index contributed by atoms with van der Waals surface area (Å²) in [6.45, 7) is 1.92. The fourth-order valence-electron chi connectivity index (χ4n) is 3.94. The monoisotopic (exact) mass is 275 g/mol. The third-order valence-corrected chi connectivity index (χ3v) is 5.02. The van der Waals surface area contributed by atoms with E-state index in [1.807, 2.05) is 24.3 Å². The maximum absolute atomic E-state index is 10.5. The number of aliphatic hydroxyl groups excluding tert-OH is 1. The molecule has 1 aromatic carbocycles. The topological polar surface area (TPSA) is 32.7 Å². The van der Waals surface area contributed by atoms with Crippen molar-refractivity contribution in [2.24, 2.45) is 5.92 Å². The summed E-state index contributed by atoms with van der Waals surface area (Å²) in [6, 6.07) is 8.51. The Labute approximate surface area is 121 Å². The fraction of sp³-hybridized carbons (Fsp3) is 0.647. The van der Waals surface area contributed by atoms with Crippen molar-refractivity contribution in [2.45, 2.75) is 44.2 Å². The summed E-state index contributed by atoms with van der Waals surface area (Å²) in [5, 5.41) is 10.5. The first kappa shape index (κ1) is 13.9. The molecule has 3 rings (SSSR count). The van der Waals surface area contributed by atoms with Crippen LogP contribution in [0.15, 0.2) is 24.3 Å². The SMILES string of the molecule is COc1ccc(C(O)CN2CCCC3CCCC32)cc1. The number of ether oxygens (including phenoxy) is 1. The molecule has 1 saturated heterocycles. The van der Waals surface area contributed by atoms with E-state index in [1.54, 1.807) is 7.11 Å². The number of hydrogen-bond donors (Lipinski definition) is 1. The summed E-state index contributed by atoms with van der Waals surface area (Å²) < 4.78 is 5.16. The maximum atomic E-state index is 10.5. The zero-order chi connectivity index (χ0) is 13.9. The quantitative estimate of drug-likeness (QED) is 0.917. The van der Waals surface area contributed by atoms with Crippen molar-refractivity contribution in [3.63, 3.8) is 0 Å². The highest BCUT2D eigenvalue weighted by Gasteiger charge is 2.35. The van der Waals surface area contributed by atoms with E-state index in [4.69, 9.17) is 4.74 Å². The van der Waals surface area contributed by atoms with Crippen LogP contribution in [0, 0.1) is 5.92 Å². The first-order valence-electron chi connectivity index (χ1n) is 7.84. The zero-order valence-corrected chi connectivity index (χ0v) is 12.3. The second-order valence-corrected chi connectivity index (χ2v) is 6.18. The lowest BCUT2D eigenvalue weighted by molar-refractivity contribution is 0.0506. The standard InChI is InChI=1S/C17H25NO2/c1-20-15-9-7-14(8-10-15)17(19)12-18-11-3-5-13-4-2-6-16(13)18/h7-10,13,16-17,19H,2-6,11-12H2,1H3. The number of fused-ring (bicyclic) bond motifs is 1. The van der Waals surface area contributed by atoms with Gasteiger partial charge in [0.15, 0.2) is 0 Å². The molecule has 1 saturated carbocycles. The highest BCUT2D eigenvalue weighted by atomic mass is 16.5. The van der Waals surface area contributed by atoms with Crippen LogP contribution < -0.4 is 4.74 Å². The van der Waals surface area contributed by atoms with E-state index < -0.39 is 0 Å². The van der Waals surface area contributed by atoms with Crippen LogP contribution in [-0.4, -0.2) is 36.2 Å². The molecule has 2 fully saturated rings. The lowest BCUT2D eigenvalue weighted by atomic mass is 9.91. The average Bonchev–Trinajstić information content (AvgIpc) is 2.97. The third-order valence-electron chi connectivity index (χ3n) is 5.02. The van der Waals surface area contributed by atoms with Gasteiger partial charge in [0.05, 0.1) is 13.2 Å². The molecule has 3 nitrogen and oxygen atoms in total. The molecular weight excluding hydrogens is 250 g/mol. The normalized spacial score (nSPS) is 28.1. The Morgan fingerprint density at radius 3 is 2.70 bits per heavy atom. The molecule has 3 unspecified atom stereocenters. The van der Waals surface area contributed by atoms with Gasteiger partial charge in [-0.1, -0.05) is 18.6 Å². The number of methoxy groups -OCH3 is 1. The highest BCUT2D eigenvalue weighted by molar-refractivity contribution is 5.28. The van der Waals surface area contributed by atoms with Gasteiger partial charge in [-0.2, -0.15) is 0 Å². The minimum absolute atomic E-state index is 0.389. The van der Waals surface area contributed by atoms with Crippen LogP contribution >= 0.6 is 0 Å². The number of piperidine rings is 1. The highest BCUT2D eigenvalue weighted by Crippen LogP contribution is 2.37. The predicted octanol–water partition coefficient (Wildman–Crippen LogP) is 2.99. The van der Waals surface area contributed by atoms with Gasteiger partial charge in [0, 0.05) is 12.6 Å². The molecule has 1 aliphatic heterocycles. The van der Waals surface area contributed by atoms with E-state index in [0.717, 1.165) is 36.4 Å².